The highest BCUT2D eigenvalue weighted by atomic mass is 16.4. The van der Waals surface area contributed by atoms with E-state index in [0.717, 1.165) is 18.4 Å². The highest BCUT2D eigenvalue weighted by Crippen LogP contribution is 2.17. The Balaban J connectivity index is 2.00. The lowest BCUT2D eigenvalue weighted by Gasteiger charge is -2.32. The lowest BCUT2D eigenvalue weighted by molar-refractivity contribution is -0.151. The van der Waals surface area contributed by atoms with Gasteiger partial charge < -0.3 is 10.0 Å². The van der Waals surface area contributed by atoms with E-state index in [1.807, 2.05) is 12.1 Å². The van der Waals surface area contributed by atoms with E-state index in [1.165, 1.54) is 4.90 Å². The monoisotopic (exact) mass is 262 g/mol. The first-order chi connectivity index (χ1) is 9.18. The van der Waals surface area contributed by atoms with E-state index in [2.05, 4.69) is 4.98 Å². The first-order valence-corrected chi connectivity index (χ1v) is 6.59. The molecule has 1 unspecified atom stereocenters. The lowest BCUT2D eigenvalue weighted by Crippen LogP contribution is -2.47. The van der Waals surface area contributed by atoms with Crippen LogP contribution in [-0.4, -0.2) is 39.5 Å². The molecule has 0 radical (unpaired) electrons. The predicted molar refractivity (Wildman–Crippen MR) is 69.5 cm³/mol. The molecular weight excluding hydrogens is 244 g/mol. The van der Waals surface area contributed by atoms with E-state index < -0.39 is 12.0 Å². The van der Waals surface area contributed by atoms with E-state index in [0.29, 0.717) is 25.8 Å². The Morgan fingerprint density at radius 1 is 1.37 bits per heavy atom. The van der Waals surface area contributed by atoms with Crippen LogP contribution in [0.4, 0.5) is 0 Å². The second kappa shape index (κ2) is 6.31. The van der Waals surface area contributed by atoms with Crippen molar-refractivity contribution in [1.82, 2.24) is 9.88 Å². The number of likely N-dealkylation sites (tertiary alicyclic amines) is 1. The average molecular weight is 262 g/mol. The molecule has 5 heteroatoms. The van der Waals surface area contributed by atoms with Crippen molar-refractivity contribution in [3.8, 4) is 0 Å². The fraction of sp³-hybridized carbons (Fsp3) is 0.500. The summed E-state index contributed by atoms with van der Waals surface area (Å²) in [5.74, 6) is -0.947. The molecule has 1 N–H and O–H groups in total. The van der Waals surface area contributed by atoms with E-state index in [4.69, 9.17) is 0 Å². The molecule has 0 spiro atoms. The molecule has 0 saturated carbocycles. The normalized spacial score (nSPS) is 17.3. The summed E-state index contributed by atoms with van der Waals surface area (Å²) >= 11 is 0. The van der Waals surface area contributed by atoms with E-state index in [-0.39, 0.29) is 5.91 Å². The Labute approximate surface area is 112 Å². The number of rotatable bonds is 5. The molecule has 0 aromatic carbocycles. The van der Waals surface area contributed by atoms with Crippen LogP contribution in [0.15, 0.2) is 24.5 Å². The van der Waals surface area contributed by atoms with Gasteiger partial charge in [-0.25, -0.2) is 4.79 Å². The fourth-order valence-electron chi connectivity index (χ4n) is 2.42. The minimum absolute atomic E-state index is 0.0339. The number of carboxylic acid groups (broad SMARTS) is 1. The van der Waals surface area contributed by atoms with Gasteiger partial charge in [-0.1, -0.05) is 0 Å². The summed E-state index contributed by atoms with van der Waals surface area (Å²) in [5, 5.41) is 9.32. The van der Waals surface area contributed by atoms with Crippen LogP contribution in [0.3, 0.4) is 0 Å². The number of pyridine rings is 1. The number of carbonyl (C=O) groups excluding carboxylic acids is 1. The first-order valence-electron chi connectivity index (χ1n) is 6.59. The zero-order valence-electron chi connectivity index (χ0n) is 10.8. The summed E-state index contributed by atoms with van der Waals surface area (Å²) in [4.78, 5) is 28.6. The van der Waals surface area contributed by atoms with Gasteiger partial charge in [0.05, 0.1) is 0 Å². The molecule has 1 saturated heterocycles. The highest BCUT2D eigenvalue weighted by Gasteiger charge is 2.30. The van der Waals surface area contributed by atoms with Gasteiger partial charge in [0.15, 0.2) is 0 Å². The van der Waals surface area contributed by atoms with Crippen molar-refractivity contribution in [2.75, 3.05) is 6.54 Å². The number of carbonyl (C=O) groups is 2. The molecule has 102 valence electrons. The maximum absolute atomic E-state index is 11.8. The number of hydrogen-bond acceptors (Lipinski definition) is 3. The van der Waals surface area contributed by atoms with Gasteiger partial charge in [-0.15, -0.1) is 0 Å². The Kier molecular flexibility index (Phi) is 4.49. The molecule has 2 heterocycles. The topological polar surface area (TPSA) is 70.5 Å². The van der Waals surface area contributed by atoms with Gasteiger partial charge in [0, 0.05) is 25.4 Å². The van der Waals surface area contributed by atoms with Crippen LogP contribution in [0, 0.1) is 0 Å². The SMILES string of the molecule is O=C(O)C(CCc1ccncc1)N1CCCCC1=O. The molecule has 0 bridgehead atoms. The van der Waals surface area contributed by atoms with Gasteiger partial charge in [-0.05, 0) is 43.4 Å². The van der Waals surface area contributed by atoms with Crippen molar-refractivity contribution in [2.45, 2.75) is 38.1 Å². The van der Waals surface area contributed by atoms with Crippen LogP contribution in [0.25, 0.3) is 0 Å². The molecule has 1 aromatic heterocycles. The van der Waals surface area contributed by atoms with Crippen LogP contribution >= 0.6 is 0 Å². The summed E-state index contributed by atoms with van der Waals surface area (Å²) < 4.78 is 0. The third-order valence-corrected chi connectivity index (χ3v) is 3.48. The van der Waals surface area contributed by atoms with Gasteiger partial charge in [0.2, 0.25) is 5.91 Å². The summed E-state index contributed by atoms with van der Waals surface area (Å²) in [6.07, 6.45) is 6.71. The van der Waals surface area contributed by atoms with Gasteiger partial charge in [-0.2, -0.15) is 0 Å². The van der Waals surface area contributed by atoms with Crippen molar-refractivity contribution < 1.29 is 14.7 Å². The van der Waals surface area contributed by atoms with Gasteiger partial charge >= 0.3 is 5.97 Å². The van der Waals surface area contributed by atoms with Gasteiger partial charge in [0.25, 0.3) is 0 Å². The maximum atomic E-state index is 11.8. The first kappa shape index (κ1) is 13.5. The summed E-state index contributed by atoms with van der Waals surface area (Å²) in [6, 6.07) is 3.04. The second-order valence-corrected chi connectivity index (χ2v) is 4.79. The highest BCUT2D eigenvalue weighted by molar-refractivity contribution is 5.84. The minimum Gasteiger partial charge on any atom is -0.480 e. The van der Waals surface area contributed by atoms with Crippen LogP contribution in [0.2, 0.25) is 0 Å². The Hall–Kier alpha value is -1.91. The number of piperidine rings is 1. The molecule has 1 aliphatic heterocycles. The zero-order chi connectivity index (χ0) is 13.7. The van der Waals surface area contributed by atoms with Crippen molar-refractivity contribution in [1.29, 1.82) is 0 Å². The van der Waals surface area contributed by atoms with Crippen molar-refractivity contribution in [3.63, 3.8) is 0 Å². The number of aliphatic carboxylic acids is 1. The number of amides is 1. The molecular formula is C14H18N2O3. The zero-order valence-corrected chi connectivity index (χ0v) is 10.8. The number of nitrogens with zero attached hydrogens (tertiary/aromatic N) is 2. The van der Waals surface area contributed by atoms with Crippen LogP contribution in [-0.2, 0) is 16.0 Å². The number of hydrogen-bond donors (Lipinski definition) is 1. The smallest absolute Gasteiger partial charge is 0.326 e. The Bertz CT molecular complexity index is 447. The Morgan fingerprint density at radius 3 is 2.74 bits per heavy atom. The van der Waals surface area contributed by atoms with E-state index in [9.17, 15) is 14.7 Å². The molecule has 1 aromatic rings. The number of aryl methyl sites for hydroxylation is 1. The van der Waals surface area contributed by atoms with E-state index in [1.54, 1.807) is 12.4 Å². The molecule has 1 amide bonds. The fourth-order valence-corrected chi connectivity index (χ4v) is 2.42. The molecule has 5 nitrogen and oxygen atoms in total. The van der Waals surface area contributed by atoms with Crippen LogP contribution in [0.1, 0.15) is 31.2 Å². The van der Waals surface area contributed by atoms with Crippen molar-refractivity contribution in [2.24, 2.45) is 0 Å². The number of aromatic nitrogens is 1. The standard InChI is InChI=1S/C14H18N2O3/c17-13-3-1-2-10-16(13)12(14(18)19)5-4-11-6-8-15-9-7-11/h6-9,12H,1-5,10H2,(H,18,19). The minimum atomic E-state index is -0.913. The van der Waals surface area contributed by atoms with Gasteiger partial charge in [0.1, 0.15) is 6.04 Å². The predicted octanol–water partition coefficient (Wildman–Crippen LogP) is 1.48. The molecule has 1 atom stereocenters. The second-order valence-electron chi connectivity index (χ2n) is 4.79. The van der Waals surface area contributed by atoms with Crippen LogP contribution < -0.4 is 0 Å². The molecule has 19 heavy (non-hydrogen) atoms. The average Bonchev–Trinajstić information content (AvgIpc) is 2.42. The summed E-state index contributed by atoms with van der Waals surface area (Å²) in [7, 11) is 0. The third kappa shape index (κ3) is 3.53. The maximum Gasteiger partial charge on any atom is 0.326 e. The molecule has 2 rings (SSSR count). The summed E-state index contributed by atoms with van der Waals surface area (Å²) in [6.45, 7) is 0.562. The van der Waals surface area contributed by atoms with Crippen LogP contribution in [0.5, 0.6) is 0 Å². The molecule has 1 aliphatic rings. The largest absolute Gasteiger partial charge is 0.480 e. The summed E-state index contributed by atoms with van der Waals surface area (Å²) in [5.41, 5.74) is 1.05. The van der Waals surface area contributed by atoms with Gasteiger partial charge in [-0.3, -0.25) is 9.78 Å². The molecule has 1 fully saturated rings. The number of carboxylic acids is 1. The quantitative estimate of drug-likeness (QED) is 0.872. The Morgan fingerprint density at radius 2 is 2.11 bits per heavy atom. The third-order valence-electron chi connectivity index (χ3n) is 3.48. The van der Waals surface area contributed by atoms with Crippen molar-refractivity contribution >= 4 is 11.9 Å². The van der Waals surface area contributed by atoms with E-state index >= 15 is 0 Å². The van der Waals surface area contributed by atoms with Crippen molar-refractivity contribution in [3.05, 3.63) is 30.1 Å². The lowest BCUT2D eigenvalue weighted by atomic mass is 10.0. The molecule has 0 aliphatic carbocycles.